The van der Waals surface area contributed by atoms with Crippen LogP contribution >= 0.6 is 24.0 Å². The van der Waals surface area contributed by atoms with Gasteiger partial charge in [-0.05, 0) is 29.8 Å². The average molecular weight is 442 g/mol. The molecule has 0 saturated carbocycles. The molecule has 0 atom stereocenters. The quantitative estimate of drug-likeness (QED) is 0.520. The van der Waals surface area contributed by atoms with E-state index in [9.17, 15) is 19.5 Å². The van der Waals surface area contributed by atoms with Crippen molar-refractivity contribution < 1.29 is 24.2 Å². The van der Waals surface area contributed by atoms with E-state index in [1.807, 2.05) is 18.2 Å². The second-order valence-corrected chi connectivity index (χ2v) is 7.92. The third-order valence-corrected chi connectivity index (χ3v) is 5.62. The Morgan fingerprint density at radius 2 is 2.00 bits per heavy atom. The summed E-state index contributed by atoms with van der Waals surface area (Å²) in [6.07, 6.45) is 1.72. The molecule has 2 aromatic rings. The molecule has 7 nitrogen and oxygen atoms in total. The molecule has 1 fully saturated rings. The first kappa shape index (κ1) is 21.5. The molecule has 2 aromatic carbocycles. The minimum absolute atomic E-state index is 0.00390. The van der Waals surface area contributed by atoms with Gasteiger partial charge in [0.1, 0.15) is 10.1 Å². The molecule has 30 heavy (non-hydrogen) atoms. The van der Waals surface area contributed by atoms with Crippen molar-refractivity contribution in [2.24, 2.45) is 0 Å². The summed E-state index contributed by atoms with van der Waals surface area (Å²) in [5.41, 5.74) is 1.06. The minimum Gasteiger partial charge on any atom is -0.545 e. The van der Waals surface area contributed by atoms with Gasteiger partial charge in [0.25, 0.3) is 5.91 Å². The van der Waals surface area contributed by atoms with Crippen LogP contribution in [0.5, 0.6) is 5.75 Å². The standard InChI is InChI=1S/C21H18N2O5S2/c1-28-16-8-3-2-5-13(16)12-17-19(25)23(21(29)30-17)10-9-18(24)22-15-7-4-6-14(11-15)20(26)27/h2-8,11-12H,9-10H2,1H3,(H,22,24)(H,26,27)/p-1/b17-12+. The van der Waals surface area contributed by atoms with Crippen LogP contribution in [0.25, 0.3) is 6.08 Å². The van der Waals surface area contributed by atoms with Crippen molar-refractivity contribution in [1.82, 2.24) is 4.90 Å². The Labute approximate surface area is 182 Å². The molecule has 2 amide bonds. The van der Waals surface area contributed by atoms with E-state index in [2.05, 4.69) is 5.32 Å². The van der Waals surface area contributed by atoms with Crippen LogP contribution in [-0.2, 0) is 9.59 Å². The Balaban J connectivity index is 1.63. The number of hydrogen-bond donors (Lipinski definition) is 1. The Morgan fingerprint density at radius 3 is 2.73 bits per heavy atom. The number of methoxy groups -OCH3 is 1. The molecule has 1 saturated heterocycles. The lowest BCUT2D eigenvalue weighted by atomic mass is 10.2. The largest absolute Gasteiger partial charge is 0.545 e. The molecule has 3 rings (SSSR count). The molecule has 0 spiro atoms. The normalized spacial score (nSPS) is 14.8. The molecule has 1 heterocycles. The lowest BCUT2D eigenvalue weighted by Crippen LogP contribution is -2.31. The number of ether oxygens (including phenoxy) is 1. The third-order valence-electron chi connectivity index (χ3n) is 4.24. The summed E-state index contributed by atoms with van der Waals surface area (Å²) in [6, 6.07) is 13.1. The van der Waals surface area contributed by atoms with Gasteiger partial charge in [-0.3, -0.25) is 14.5 Å². The number of carboxylic acids is 1. The predicted octanol–water partition coefficient (Wildman–Crippen LogP) is 2.29. The number of aromatic carboxylic acids is 1. The predicted molar refractivity (Wildman–Crippen MR) is 117 cm³/mol. The van der Waals surface area contributed by atoms with Gasteiger partial charge in [0.15, 0.2) is 0 Å². The molecular formula is C21H17N2O5S2-. The highest BCUT2D eigenvalue weighted by Crippen LogP contribution is 2.34. The zero-order valence-corrected chi connectivity index (χ0v) is 17.5. The van der Waals surface area contributed by atoms with Crippen molar-refractivity contribution in [1.29, 1.82) is 0 Å². The molecule has 154 valence electrons. The van der Waals surface area contributed by atoms with Crippen LogP contribution in [-0.4, -0.2) is 40.7 Å². The smallest absolute Gasteiger partial charge is 0.266 e. The SMILES string of the molecule is COc1ccccc1/C=C1/SC(=S)N(CCC(=O)Nc2cccc(C(=O)[O-])c2)C1=O. The highest BCUT2D eigenvalue weighted by atomic mass is 32.2. The number of amides is 2. The number of benzene rings is 2. The second kappa shape index (κ2) is 9.55. The molecule has 9 heteroatoms. The maximum atomic E-state index is 12.7. The number of thioether (sulfide) groups is 1. The van der Waals surface area contributed by atoms with Crippen molar-refractivity contribution in [3.8, 4) is 5.75 Å². The van der Waals surface area contributed by atoms with Gasteiger partial charge in [-0.2, -0.15) is 0 Å². The number of carboxylic acid groups (broad SMARTS) is 1. The van der Waals surface area contributed by atoms with Crippen LogP contribution in [0, 0.1) is 0 Å². The maximum Gasteiger partial charge on any atom is 0.266 e. The summed E-state index contributed by atoms with van der Waals surface area (Å²) in [7, 11) is 1.55. The summed E-state index contributed by atoms with van der Waals surface area (Å²) < 4.78 is 5.67. The number of carbonyl (C=O) groups excluding carboxylic acids is 3. The number of hydrogen-bond acceptors (Lipinski definition) is 7. The van der Waals surface area contributed by atoms with E-state index >= 15 is 0 Å². The van der Waals surface area contributed by atoms with Crippen molar-refractivity contribution in [3.05, 3.63) is 64.6 Å². The van der Waals surface area contributed by atoms with Gasteiger partial charge in [-0.25, -0.2) is 0 Å². The zero-order chi connectivity index (χ0) is 21.7. The maximum absolute atomic E-state index is 12.7. The minimum atomic E-state index is -1.33. The van der Waals surface area contributed by atoms with E-state index in [0.717, 1.165) is 5.56 Å². The van der Waals surface area contributed by atoms with Crippen molar-refractivity contribution in [2.45, 2.75) is 6.42 Å². The van der Waals surface area contributed by atoms with E-state index < -0.39 is 5.97 Å². The summed E-state index contributed by atoms with van der Waals surface area (Å²) in [6.45, 7) is 0.111. The third kappa shape index (κ3) is 5.05. The summed E-state index contributed by atoms with van der Waals surface area (Å²) in [5, 5.41) is 13.5. The fourth-order valence-electron chi connectivity index (χ4n) is 2.78. The van der Waals surface area contributed by atoms with Crippen LogP contribution in [0.1, 0.15) is 22.3 Å². The Morgan fingerprint density at radius 1 is 1.23 bits per heavy atom. The van der Waals surface area contributed by atoms with E-state index in [1.54, 1.807) is 25.3 Å². The first-order valence-corrected chi connectivity index (χ1v) is 10.1. The number of thiocarbonyl (C=S) groups is 1. The summed E-state index contributed by atoms with van der Waals surface area (Å²) >= 11 is 6.46. The highest BCUT2D eigenvalue weighted by Gasteiger charge is 2.32. The summed E-state index contributed by atoms with van der Waals surface area (Å²) in [4.78, 5) is 37.7. The molecule has 0 radical (unpaired) electrons. The van der Waals surface area contributed by atoms with Crippen LogP contribution in [0.3, 0.4) is 0 Å². The number of nitrogens with zero attached hydrogens (tertiary/aromatic N) is 1. The fourth-order valence-corrected chi connectivity index (χ4v) is 4.08. The van der Waals surface area contributed by atoms with Crippen LogP contribution < -0.4 is 15.2 Å². The molecule has 1 N–H and O–H groups in total. The fraction of sp³-hybridized carbons (Fsp3) is 0.143. The van der Waals surface area contributed by atoms with Gasteiger partial charge in [0.05, 0.1) is 18.0 Å². The Hall–Kier alpha value is -3.17. The molecule has 0 aromatic heterocycles. The number of anilines is 1. The number of rotatable bonds is 7. The monoisotopic (exact) mass is 441 g/mol. The lowest BCUT2D eigenvalue weighted by molar-refractivity contribution is -0.255. The molecule has 1 aliphatic rings. The van der Waals surface area contributed by atoms with Gasteiger partial charge >= 0.3 is 0 Å². The van der Waals surface area contributed by atoms with Crippen molar-refractivity contribution >= 4 is 57.8 Å². The van der Waals surface area contributed by atoms with Crippen LogP contribution in [0.4, 0.5) is 5.69 Å². The van der Waals surface area contributed by atoms with Gasteiger partial charge in [0, 0.05) is 24.2 Å². The van der Waals surface area contributed by atoms with Crippen LogP contribution in [0.2, 0.25) is 0 Å². The van der Waals surface area contributed by atoms with E-state index in [1.165, 1.54) is 34.9 Å². The van der Waals surface area contributed by atoms with E-state index in [0.29, 0.717) is 20.7 Å². The molecular weight excluding hydrogens is 424 g/mol. The molecule has 1 aliphatic heterocycles. The molecule has 0 unspecified atom stereocenters. The van der Waals surface area contributed by atoms with Gasteiger partial charge in [-0.15, -0.1) is 0 Å². The van der Waals surface area contributed by atoms with Crippen LogP contribution in [0.15, 0.2) is 53.4 Å². The number of carbonyl (C=O) groups is 3. The van der Waals surface area contributed by atoms with E-state index in [-0.39, 0.29) is 30.3 Å². The Kier molecular flexibility index (Phi) is 6.86. The van der Waals surface area contributed by atoms with Crippen molar-refractivity contribution in [2.75, 3.05) is 19.0 Å². The molecule has 0 aliphatic carbocycles. The molecule has 0 bridgehead atoms. The van der Waals surface area contributed by atoms with Gasteiger partial charge < -0.3 is 20.0 Å². The Bertz CT molecular complexity index is 1050. The number of para-hydroxylation sites is 1. The van der Waals surface area contributed by atoms with Gasteiger partial charge in [0.2, 0.25) is 5.91 Å². The lowest BCUT2D eigenvalue weighted by Gasteiger charge is -2.14. The summed E-state index contributed by atoms with van der Waals surface area (Å²) in [5.74, 6) is -1.33. The first-order valence-electron chi connectivity index (χ1n) is 8.88. The highest BCUT2D eigenvalue weighted by molar-refractivity contribution is 8.26. The van der Waals surface area contributed by atoms with E-state index in [4.69, 9.17) is 17.0 Å². The van der Waals surface area contributed by atoms with Crippen molar-refractivity contribution in [3.63, 3.8) is 0 Å². The first-order chi connectivity index (χ1) is 14.4. The topological polar surface area (TPSA) is 98.8 Å². The average Bonchev–Trinajstić information content (AvgIpc) is 2.99. The van der Waals surface area contributed by atoms with Gasteiger partial charge in [-0.1, -0.05) is 54.3 Å². The number of nitrogens with one attached hydrogen (secondary N) is 1. The second-order valence-electron chi connectivity index (χ2n) is 6.24. The zero-order valence-electron chi connectivity index (χ0n) is 15.9.